The van der Waals surface area contributed by atoms with Gasteiger partial charge in [0.05, 0.1) is 11.9 Å². The number of esters is 1. The van der Waals surface area contributed by atoms with Gasteiger partial charge in [-0.05, 0) is 24.3 Å². The SMILES string of the molecule is O=C(Nc1ncnc2c1ncn2[C@@H]1O[C@H](COC(=O)c2ccccc2)[C@@H]2OS(=O)(=O)O[C@H]21)c1ccccc1. The molecule has 1 N–H and O–H groups in total. The summed E-state index contributed by atoms with van der Waals surface area (Å²) >= 11 is 0. The number of benzene rings is 2. The van der Waals surface area contributed by atoms with Crippen LogP contribution in [0.15, 0.2) is 73.3 Å². The highest BCUT2D eigenvalue weighted by Crippen LogP contribution is 2.41. The second-order valence-corrected chi connectivity index (χ2v) is 9.63. The van der Waals surface area contributed by atoms with Gasteiger partial charge in [0.1, 0.15) is 25.1 Å². The van der Waals surface area contributed by atoms with Crippen LogP contribution in [0.2, 0.25) is 0 Å². The molecule has 0 unspecified atom stereocenters. The largest absolute Gasteiger partial charge is 0.459 e. The van der Waals surface area contributed by atoms with Gasteiger partial charge in [-0.1, -0.05) is 36.4 Å². The first kappa shape index (κ1) is 24.1. The quantitative estimate of drug-likeness (QED) is 0.357. The van der Waals surface area contributed by atoms with Crippen molar-refractivity contribution < 1.29 is 35.8 Å². The van der Waals surface area contributed by atoms with Crippen molar-refractivity contribution in [3.63, 3.8) is 0 Å². The van der Waals surface area contributed by atoms with Crippen LogP contribution in [0, 0.1) is 0 Å². The molecule has 6 rings (SSSR count). The van der Waals surface area contributed by atoms with Crippen LogP contribution in [0.1, 0.15) is 26.9 Å². The standard InChI is InChI=1S/C24H19N5O8S/c30-22(14-7-3-1-4-8-14)28-20-17-21(26-12-25-20)29(13-27-17)23-19-18(36-38(32,33)37-19)16(35-23)11-34-24(31)15-9-5-2-6-10-15/h1-10,12-13,16,18-19,23H,11H2,(H,25,26,28,30)/t16-,18+,19-,23-/m1/s1. The molecule has 0 saturated carbocycles. The Hall–Kier alpha value is -4.24. The highest BCUT2D eigenvalue weighted by atomic mass is 32.3. The first-order valence-corrected chi connectivity index (χ1v) is 12.8. The first-order valence-electron chi connectivity index (χ1n) is 11.4. The van der Waals surface area contributed by atoms with Gasteiger partial charge < -0.3 is 14.8 Å². The molecular weight excluding hydrogens is 518 g/mol. The van der Waals surface area contributed by atoms with Crippen LogP contribution in [0.4, 0.5) is 5.82 Å². The molecular formula is C24H19N5O8S. The molecule has 194 valence electrons. The molecule has 0 spiro atoms. The van der Waals surface area contributed by atoms with E-state index in [4.69, 9.17) is 17.8 Å². The molecule has 2 saturated heterocycles. The Balaban J connectivity index is 1.26. The van der Waals surface area contributed by atoms with Crippen molar-refractivity contribution in [3.05, 3.63) is 84.4 Å². The minimum Gasteiger partial charge on any atom is -0.459 e. The predicted octanol–water partition coefficient (Wildman–Crippen LogP) is 1.86. The van der Waals surface area contributed by atoms with Gasteiger partial charge in [-0.25, -0.2) is 28.1 Å². The van der Waals surface area contributed by atoms with E-state index >= 15 is 0 Å². The maximum Gasteiger partial charge on any atom is 0.400 e. The number of aromatic nitrogens is 4. The molecule has 0 aliphatic carbocycles. The lowest BCUT2D eigenvalue weighted by atomic mass is 10.1. The van der Waals surface area contributed by atoms with E-state index in [1.165, 1.54) is 17.2 Å². The van der Waals surface area contributed by atoms with Crippen LogP contribution >= 0.6 is 0 Å². The number of fused-ring (bicyclic) bond motifs is 2. The van der Waals surface area contributed by atoms with E-state index in [-0.39, 0.29) is 23.6 Å². The highest BCUT2D eigenvalue weighted by molar-refractivity contribution is 7.82. The lowest BCUT2D eigenvalue weighted by molar-refractivity contribution is -0.0595. The summed E-state index contributed by atoms with van der Waals surface area (Å²) in [6.45, 7) is -0.287. The minimum absolute atomic E-state index is 0.154. The Labute approximate surface area is 215 Å². The minimum atomic E-state index is -4.31. The summed E-state index contributed by atoms with van der Waals surface area (Å²) < 4.78 is 47.4. The average molecular weight is 538 g/mol. The Kier molecular flexibility index (Phi) is 6.07. The van der Waals surface area contributed by atoms with Gasteiger partial charge in [0.15, 0.2) is 29.3 Å². The van der Waals surface area contributed by atoms with E-state index in [1.807, 2.05) is 0 Å². The first-order chi connectivity index (χ1) is 18.4. The van der Waals surface area contributed by atoms with Gasteiger partial charge in [0.25, 0.3) is 5.91 Å². The van der Waals surface area contributed by atoms with Gasteiger partial charge in [-0.15, -0.1) is 0 Å². The lowest BCUT2D eigenvalue weighted by Crippen LogP contribution is -2.32. The summed E-state index contributed by atoms with van der Waals surface area (Å²) in [5.41, 5.74) is 1.26. The van der Waals surface area contributed by atoms with Gasteiger partial charge in [-0.3, -0.25) is 9.36 Å². The number of rotatable bonds is 6. The number of nitrogens with zero attached hydrogens (tertiary/aromatic N) is 4. The van der Waals surface area contributed by atoms with Crippen molar-refractivity contribution in [1.82, 2.24) is 19.5 Å². The van der Waals surface area contributed by atoms with Crippen molar-refractivity contribution in [2.75, 3.05) is 11.9 Å². The number of carbonyl (C=O) groups excluding carboxylic acids is 2. The second-order valence-electron chi connectivity index (χ2n) is 8.43. The fraction of sp³-hybridized carbons (Fsp3) is 0.208. The fourth-order valence-electron chi connectivity index (χ4n) is 4.29. The van der Waals surface area contributed by atoms with E-state index in [9.17, 15) is 18.0 Å². The molecule has 0 radical (unpaired) electrons. The van der Waals surface area contributed by atoms with Crippen LogP contribution in [0.25, 0.3) is 11.2 Å². The van der Waals surface area contributed by atoms with Crippen molar-refractivity contribution in [1.29, 1.82) is 0 Å². The Bertz CT molecular complexity index is 1610. The van der Waals surface area contributed by atoms with Crippen LogP contribution in [-0.2, 0) is 28.2 Å². The van der Waals surface area contributed by atoms with E-state index in [0.717, 1.165) is 0 Å². The molecule has 2 aliphatic rings. The van der Waals surface area contributed by atoms with Gasteiger partial charge >= 0.3 is 16.4 Å². The number of amides is 1. The summed E-state index contributed by atoms with van der Waals surface area (Å²) in [6.07, 6.45) is -1.59. The number of hydrogen-bond acceptors (Lipinski definition) is 11. The van der Waals surface area contributed by atoms with Crippen LogP contribution in [-0.4, -0.2) is 64.7 Å². The summed E-state index contributed by atoms with van der Waals surface area (Å²) in [5, 5.41) is 2.71. The molecule has 2 aromatic carbocycles. The molecule has 38 heavy (non-hydrogen) atoms. The molecule has 2 aromatic heterocycles. The summed E-state index contributed by atoms with van der Waals surface area (Å²) in [4.78, 5) is 37.7. The lowest BCUT2D eigenvalue weighted by Gasteiger charge is -2.18. The van der Waals surface area contributed by atoms with E-state index in [2.05, 4.69) is 20.3 Å². The van der Waals surface area contributed by atoms with Crippen molar-refractivity contribution in [3.8, 4) is 0 Å². The average Bonchev–Trinajstić information content (AvgIpc) is 3.59. The van der Waals surface area contributed by atoms with Crippen LogP contribution in [0.5, 0.6) is 0 Å². The Morgan fingerprint density at radius 3 is 2.34 bits per heavy atom. The third-order valence-corrected chi connectivity index (χ3v) is 6.95. The summed E-state index contributed by atoms with van der Waals surface area (Å²) in [5.74, 6) is -0.839. The zero-order valence-electron chi connectivity index (χ0n) is 19.4. The topological polar surface area (TPSA) is 161 Å². The van der Waals surface area contributed by atoms with Crippen molar-refractivity contribution in [2.45, 2.75) is 24.5 Å². The molecule has 0 bridgehead atoms. The number of hydrogen-bond donors (Lipinski definition) is 1. The normalized spacial score (nSPS) is 23.7. The Morgan fingerprint density at radius 1 is 0.921 bits per heavy atom. The van der Waals surface area contributed by atoms with E-state index < -0.39 is 46.8 Å². The molecule has 2 fully saturated rings. The number of imidazole rings is 1. The molecule has 4 heterocycles. The number of carbonyl (C=O) groups is 2. The smallest absolute Gasteiger partial charge is 0.400 e. The molecule has 4 aromatic rings. The van der Waals surface area contributed by atoms with Gasteiger partial charge in [0.2, 0.25) is 0 Å². The third-order valence-electron chi connectivity index (χ3n) is 6.03. The van der Waals surface area contributed by atoms with Crippen molar-refractivity contribution in [2.24, 2.45) is 0 Å². The maximum absolute atomic E-state index is 12.6. The van der Waals surface area contributed by atoms with E-state index in [0.29, 0.717) is 11.1 Å². The highest BCUT2D eigenvalue weighted by Gasteiger charge is 2.57. The Morgan fingerprint density at radius 2 is 1.61 bits per heavy atom. The molecule has 2 aliphatic heterocycles. The van der Waals surface area contributed by atoms with Crippen LogP contribution in [0.3, 0.4) is 0 Å². The zero-order chi connectivity index (χ0) is 26.3. The monoisotopic (exact) mass is 537 g/mol. The number of anilines is 1. The molecule has 1 amide bonds. The number of nitrogens with one attached hydrogen (secondary N) is 1. The zero-order valence-corrected chi connectivity index (χ0v) is 20.2. The molecule has 4 atom stereocenters. The fourth-order valence-corrected chi connectivity index (χ4v) is 5.32. The van der Waals surface area contributed by atoms with Crippen molar-refractivity contribution >= 4 is 39.3 Å². The van der Waals surface area contributed by atoms with Gasteiger partial charge in [-0.2, -0.15) is 8.42 Å². The molecule has 13 nitrogen and oxygen atoms in total. The summed E-state index contributed by atoms with van der Waals surface area (Å²) in [6, 6.07) is 16.9. The summed E-state index contributed by atoms with van der Waals surface area (Å²) in [7, 11) is -4.31. The van der Waals surface area contributed by atoms with Gasteiger partial charge in [0, 0.05) is 5.56 Å². The van der Waals surface area contributed by atoms with Crippen LogP contribution < -0.4 is 5.32 Å². The second kappa shape index (κ2) is 9.57. The molecule has 14 heteroatoms. The van der Waals surface area contributed by atoms with E-state index in [1.54, 1.807) is 60.7 Å². The maximum atomic E-state index is 12.6. The predicted molar refractivity (Wildman–Crippen MR) is 129 cm³/mol. The third kappa shape index (κ3) is 4.50. The number of ether oxygens (including phenoxy) is 2.